The van der Waals surface area contributed by atoms with Crippen LogP contribution in [0.2, 0.25) is 0 Å². The maximum absolute atomic E-state index is 14.7. The molecule has 1 aliphatic heterocycles. The van der Waals surface area contributed by atoms with Gasteiger partial charge in [-0.05, 0) is 67.3 Å². The van der Waals surface area contributed by atoms with E-state index in [0.717, 1.165) is 18.2 Å². The average Bonchev–Trinajstić information content (AvgIpc) is 2.82. The third-order valence-electron chi connectivity index (χ3n) is 6.19. The number of halogens is 4. The number of carbonyl (C=O) groups is 1. The number of morpholine rings is 1. The highest BCUT2D eigenvalue weighted by Crippen LogP contribution is 2.31. The van der Waals surface area contributed by atoms with Crippen molar-refractivity contribution in [2.45, 2.75) is 37.4 Å². The molecule has 36 heavy (non-hydrogen) atoms. The van der Waals surface area contributed by atoms with E-state index >= 15 is 0 Å². The summed E-state index contributed by atoms with van der Waals surface area (Å²) in [6.07, 6.45) is 0.361. The normalized spacial score (nSPS) is 18.6. The molecule has 8 heteroatoms. The number of anilines is 1. The van der Waals surface area contributed by atoms with Crippen LogP contribution in [0.3, 0.4) is 0 Å². The number of benzene rings is 3. The van der Waals surface area contributed by atoms with Crippen molar-refractivity contribution in [3.8, 4) is 0 Å². The quantitative estimate of drug-likeness (QED) is 0.401. The molecule has 0 aromatic heterocycles. The van der Waals surface area contributed by atoms with Crippen LogP contribution in [0.5, 0.6) is 0 Å². The summed E-state index contributed by atoms with van der Waals surface area (Å²) in [5, 5.41) is 5.97. The van der Waals surface area contributed by atoms with E-state index in [1.807, 2.05) is 0 Å². The Kier molecular flexibility index (Phi) is 8.38. The highest BCUT2D eigenvalue weighted by Gasteiger charge is 2.23. The highest BCUT2D eigenvalue weighted by atomic mass is 19.1. The number of ether oxygens (including phenoxy) is 1. The van der Waals surface area contributed by atoms with Crippen LogP contribution >= 0.6 is 0 Å². The van der Waals surface area contributed by atoms with E-state index < -0.39 is 35.1 Å². The zero-order valence-corrected chi connectivity index (χ0v) is 19.6. The topological polar surface area (TPSA) is 50.4 Å². The first-order valence-electron chi connectivity index (χ1n) is 11.8. The maximum Gasteiger partial charge on any atom is 0.225 e. The molecule has 1 amide bonds. The van der Waals surface area contributed by atoms with Crippen molar-refractivity contribution >= 4 is 11.6 Å². The number of rotatable bonds is 8. The molecular weight excluding hydrogens is 472 g/mol. The molecule has 2 N–H and O–H groups in total. The van der Waals surface area contributed by atoms with Crippen LogP contribution in [0, 0.1) is 30.2 Å². The van der Waals surface area contributed by atoms with E-state index in [0.29, 0.717) is 42.7 Å². The van der Waals surface area contributed by atoms with Crippen LogP contribution in [0.4, 0.5) is 23.2 Å². The zero-order valence-electron chi connectivity index (χ0n) is 19.6. The van der Waals surface area contributed by atoms with Crippen molar-refractivity contribution in [3.05, 3.63) is 108 Å². The van der Waals surface area contributed by atoms with Gasteiger partial charge in [0.2, 0.25) is 5.91 Å². The lowest BCUT2D eigenvalue weighted by Gasteiger charge is -2.29. The summed E-state index contributed by atoms with van der Waals surface area (Å²) < 4.78 is 61.9. The fraction of sp³-hybridized carbons (Fsp3) is 0.286. The van der Waals surface area contributed by atoms with Gasteiger partial charge in [0, 0.05) is 42.7 Å². The van der Waals surface area contributed by atoms with Crippen molar-refractivity contribution in [1.29, 1.82) is 0 Å². The van der Waals surface area contributed by atoms with Crippen LogP contribution in [-0.4, -0.2) is 31.2 Å². The molecule has 0 spiro atoms. The highest BCUT2D eigenvalue weighted by molar-refractivity contribution is 5.92. The molecule has 0 saturated carbocycles. The summed E-state index contributed by atoms with van der Waals surface area (Å²) in [6, 6.07) is 12.8. The lowest BCUT2D eigenvalue weighted by Crippen LogP contribution is -2.43. The summed E-state index contributed by atoms with van der Waals surface area (Å²) in [5.41, 5.74) is 1.41. The van der Waals surface area contributed by atoms with Gasteiger partial charge in [0.25, 0.3) is 0 Å². The fourth-order valence-corrected chi connectivity index (χ4v) is 4.47. The van der Waals surface area contributed by atoms with E-state index in [9.17, 15) is 22.4 Å². The first-order chi connectivity index (χ1) is 17.3. The number of carbonyl (C=O) groups excluding carboxylic acids is 1. The van der Waals surface area contributed by atoms with Crippen LogP contribution in [0.1, 0.15) is 35.4 Å². The zero-order chi connectivity index (χ0) is 25.7. The molecule has 1 radical (unpaired) electrons. The monoisotopic (exact) mass is 499 g/mol. The van der Waals surface area contributed by atoms with E-state index in [1.54, 1.807) is 6.07 Å². The van der Waals surface area contributed by atoms with Crippen molar-refractivity contribution in [3.63, 3.8) is 0 Å². The Balaban J connectivity index is 1.53. The molecule has 1 heterocycles. The van der Waals surface area contributed by atoms with Crippen LogP contribution < -0.4 is 10.6 Å². The Labute approximate surface area is 207 Å². The third kappa shape index (κ3) is 6.71. The molecule has 3 aromatic rings. The van der Waals surface area contributed by atoms with Gasteiger partial charge in [0.1, 0.15) is 23.3 Å². The first kappa shape index (κ1) is 25.9. The van der Waals surface area contributed by atoms with Crippen molar-refractivity contribution in [2.24, 2.45) is 0 Å². The number of hydrogen-bond acceptors (Lipinski definition) is 3. The minimum atomic E-state index is -0.783. The van der Waals surface area contributed by atoms with Crippen molar-refractivity contribution in [1.82, 2.24) is 5.32 Å². The summed E-state index contributed by atoms with van der Waals surface area (Å²) in [6.45, 7) is 5.17. The van der Waals surface area contributed by atoms with Gasteiger partial charge in [-0.25, -0.2) is 17.6 Å². The van der Waals surface area contributed by atoms with Crippen molar-refractivity contribution in [2.75, 3.05) is 18.4 Å². The van der Waals surface area contributed by atoms with E-state index in [2.05, 4.69) is 17.6 Å². The summed E-state index contributed by atoms with van der Waals surface area (Å²) in [4.78, 5) is 13.1. The average molecular weight is 500 g/mol. The molecule has 0 unspecified atom stereocenters. The molecule has 0 aliphatic carbocycles. The molecule has 4 nitrogen and oxygen atoms in total. The van der Waals surface area contributed by atoms with Gasteiger partial charge in [-0.3, -0.25) is 4.79 Å². The number of hydrogen-bond donors (Lipinski definition) is 2. The van der Waals surface area contributed by atoms with Gasteiger partial charge >= 0.3 is 0 Å². The van der Waals surface area contributed by atoms with Crippen molar-refractivity contribution < 1.29 is 27.1 Å². The Morgan fingerprint density at radius 2 is 1.69 bits per heavy atom. The molecule has 3 aromatic carbocycles. The minimum absolute atomic E-state index is 0.130. The molecule has 189 valence electrons. The molecule has 3 atom stereocenters. The smallest absolute Gasteiger partial charge is 0.225 e. The number of nitrogens with one attached hydrogen (secondary N) is 2. The summed E-state index contributed by atoms with van der Waals surface area (Å²) >= 11 is 0. The first-order valence-corrected chi connectivity index (χ1v) is 11.8. The predicted molar refractivity (Wildman–Crippen MR) is 129 cm³/mol. The molecule has 0 bridgehead atoms. The van der Waals surface area contributed by atoms with Gasteiger partial charge in [0.05, 0.1) is 12.2 Å². The van der Waals surface area contributed by atoms with Gasteiger partial charge in [0.15, 0.2) is 0 Å². The van der Waals surface area contributed by atoms with Crippen LogP contribution in [0.15, 0.2) is 60.7 Å². The Bertz CT molecular complexity index is 1180. The third-order valence-corrected chi connectivity index (χ3v) is 6.19. The van der Waals surface area contributed by atoms with Crippen LogP contribution in [-0.2, 0) is 16.0 Å². The van der Waals surface area contributed by atoms with Gasteiger partial charge in [-0.1, -0.05) is 18.2 Å². The Morgan fingerprint density at radius 3 is 2.39 bits per heavy atom. The molecule has 1 fully saturated rings. The summed E-state index contributed by atoms with van der Waals surface area (Å²) in [5.74, 6) is -3.72. The van der Waals surface area contributed by atoms with Gasteiger partial charge in [-0.2, -0.15) is 0 Å². The van der Waals surface area contributed by atoms with E-state index in [-0.39, 0.29) is 24.2 Å². The summed E-state index contributed by atoms with van der Waals surface area (Å²) in [7, 11) is 0. The second-order valence-electron chi connectivity index (χ2n) is 8.90. The van der Waals surface area contributed by atoms with E-state index in [1.165, 1.54) is 36.4 Å². The number of amides is 1. The largest absolute Gasteiger partial charge is 0.372 e. The maximum atomic E-state index is 14.7. The minimum Gasteiger partial charge on any atom is -0.372 e. The molecule has 4 rings (SSSR count). The lowest BCUT2D eigenvalue weighted by atomic mass is 9.88. The Morgan fingerprint density at radius 1 is 0.972 bits per heavy atom. The van der Waals surface area contributed by atoms with Gasteiger partial charge < -0.3 is 15.4 Å². The molecule has 1 saturated heterocycles. The molecular formula is C28H27F4N2O2. The Hall–Kier alpha value is -3.23. The predicted octanol–water partition coefficient (Wildman–Crippen LogP) is 5.53. The van der Waals surface area contributed by atoms with E-state index in [4.69, 9.17) is 4.74 Å². The lowest BCUT2D eigenvalue weighted by molar-refractivity contribution is -0.116. The fourth-order valence-electron chi connectivity index (χ4n) is 4.47. The van der Waals surface area contributed by atoms with Gasteiger partial charge in [-0.15, -0.1) is 0 Å². The second kappa shape index (κ2) is 11.7. The second-order valence-corrected chi connectivity index (χ2v) is 8.90. The molecule has 1 aliphatic rings. The standard InChI is InChI=1S/C28H27F4N2O2/c1-17-15-33-16-23(36-17)9-10-24-26(32)3-2-4-27(24)34-28(35)14-25(18-5-7-20(29)8-6-18)19-11-21(30)13-22(31)12-19/h2-8,11-13,17,23,25,33H,1,9-10,14-16H2,(H,34,35)/t17-,23+,25-/m0/s1. The SMILES string of the molecule is [CH2][C@H]1CNC[C@@H](CCc2c(F)cccc2NC(=O)C[C@@H](c2ccc(F)cc2)c2cc(F)cc(F)c2)O1. The van der Waals surface area contributed by atoms with Crippen LogP contribution in [0.25, 0.3) is 0 Å².